The maximum atomic E-state index is 12.2. The summed E-state index contributed by atoms with van der Waals surface area (Å²) in [5.41, 5.74) is 1.17. The number of piperidine rings is 1. The Kier molecular flexibility index (Phi) is 13.3. The molecule has 0 aromatic heterocycles. The average Bonchev–Trinajstić information content (AvgIpc) is 2.54. The van der Waals surface area contributed by atoms with Crippen molar-refractivity contribution in [1.82, 2.24) is 10.2 Å². The molecule has 1 aromatic carbocycles. The van der Waals surface area contributed by atoms with Gasteiger partial charge in [-0.3, -0.25) is 9.69 Å². The quantitative estimate of drug-likeness (QED) is 0.295. The van der Waals surface area contributed by atoms with E-state index in [2.05, 4.69) is 10.2 Å². The van der Waals surface area contributed by atoms with Gasteiger partial charge in [0, 0.05) is 25.7 Å². The zero-order valence-electron chi connectivity index (χ0n) is 16.6. The van der Waals surface area contributed by atoms with Gasteiger partial charge in [0.15, 0.2) is 0 Å². The van der Waals surface area contributed by atoms with Gasteiger partial charge in [-0.15, -0.1) is 0 Å². The van der Waals surface area contributed by atoms with Gasteiger partial charge in [-0.05, 0) is 18.4 Å². The molecule has 0 saturated carbocycles. The van der Waals surface area contributed by atoms with E-state index in [1.165, 1.54) is 5.56 Å². The predicted molar refractivity (Wildman–Crippen MR) is 95.5 cm³/mol. The van der Waals surface area contributed by atoms with Gasteiger partial charge < -0.3 is 14.4 Å². The summed E-state index contributed by atoms with van der Waals surface area (Å²) in [5.74, 6) is -5.02. The van der Waals surface area contributed by atoms with Crippen LogP contribution in [0.5, 0.6) is 0 Å². The van der Waals surface area contributed by atoms with Crippen molar-refractivity contribution >= 4 is 26.1 Å². The molecule has 0 atom stereocenters. The summed E-state index contributed by atoms with van der Waals surface area (Å²) in [6.07, 6.45) is 1.19. The number of hydrogen-bond acceptors (Lipinski definition) is 8. The van der Waals surface area contributed by atoms with Gasteiger partial charge in [-0.25, -0.2) is 16.8 Å². The minimum atomic E-state index is -4.85. The molecule has 1 amide bonds. The molecule has 1 aliphatic heterocycles. The topological polar surface area (TPSA) is 147 Å². The van der Waals surface area contributed by atoms with Gasteiger partial charge >= 0.3 is 59.1 Å². The first-order valence-corrected chi connectivity index (χ1v) is 11.6. The second-order valence-corrected chi connectivity index (χ2v) is 9.59. The average molecular weight is 464 g/mol. The molecule has 2 rings (SSSR count). The van der Waals surface area contributed by atoms with Crippen LogP contribution in [-0.4, -0.2) is 67.4 Å². The summed E-state index contributed by atoms with van der Waals surface area (Å²) < 4.78 is 65.4. The number of nitrogens with one attached hydrogen (secondary N) is 1. The first-order valence-electron chi connectivity index (χ1n) is 8.45. The van der Waals surface area contributed by atoms with E-state index in [1.54, 1.807) is 0 Å². The summed E-state index contributed by atoms with van der Waals surface area (Å²) >= 11 is 0. The van der Waals surface area contributed by atoms with E-state index >= 15 is 0 Å². The van der Waals surface area contributed by atoms with Gasteiger partial charge in [0.2, 0.25) is 5.91 Å². The number of carbonyl (C=O) groups excluding carboxylic acids is 1. The van der Waals surface area contributed by atoms with Crippen LogP contribution in [0.2, 0.25) is 0 Å². The molecule has 1 fully saturated rings. The standard InChI is InChI=1S/C16H24N2O7S2.2Na/c19-16(14(11-26(20,21)22)12-27(23,24)25)17-15-6-8-18(9-7-15)10-13-4-2-1-3-5-13;;/h1-5,14-15H,6-12H2,(H,17,19)(H,20,21,22)(H,23,24,25);;/q;2*+1/p-2. The molecule has 9 nitrogen and oxygen atoms in total. The van der Waals surface area contributed by atoms with Gasteiger partial charge in [-0.1, -0.05) is 30.3 Å². The van der Waals surface area contributed by atoms with E-state index in [0.29, 0.717) is 25.9 Å². The molecule has 0 spiro atoms. The van der Waals surface area contributed by atoms with E-state index in [0.717, 1.165) is 6.54 Å². The normalized spacial score (nSPS) is 16.0. The Balaban J connectivity index is 0.00000392. The van der Waals surface area contributed by atoms with E-state index in [-0.39, 0.29) is 65.2 Å². The maximum Gasteiger partial charge on any atom is 1.00 e. The Labute approximate surface area is 216 Å². The molecule has 0 aliphatic carbocycles. The second kappa shape index (κ2) is 13.1. The molecular weight excluding hydrogens is 442 g/mol. The molecule has 152 valence electrons. The Morgan fingerprint density at radius 2 is 1.48 bits per heavy atom. The van der Waals surface area contributed by atoms with Crippen molar-refractivity contribution in [2.75, 3.05) is 24.6 Å². The molecule has 29 heavy (non-hydrogen) atoms. The van der Waals surface area contributed by atoms with Crippen molar-refractivity contribution in [3.8, 4) is 0 Å². The van der Waals surface area contributed by atoms with Crippen LogP contribution in [0.25, 0.3) is 0 Å². The van der Waals surface area contributed by atoms with Gasteiger partial charge in [0.05, 0.1) is 37.7 Å². The fourth-order valence-electron chi connectivity index (χ4n) is 3.09. The minimum absolute atomic E-state index is 0. The van der Waals surface area contributed by atoms with Crippen LogP contribution in [-0.2, 0) is 31.6 Å². The Morgan fingerprint density at radius 3 is 1.93 bits per heavy atom. The second-order valence-electron chi connectivity index (χ2n) is 6.69. The Morgan fingerprint density at radius 1 is 1.00 bits per heavy atom. The van der Waals surface area contributed by atoms with Crippen molar-refractivity contribution in [1.29, 1.82) is 0 Å². The summed E-state index contributed by atoms with van der Waals surface area (Å²) in [6.45, 7) is 2.17. The number of hydrogen-bond donors (Lipinski definition) is 1. The molecule has 0 bridgehead atoms. The Bertz CT molecular complexity index is 809. The molecule has 1 saturated heterocycles. The summed E-state index contributed by atoms with van der Waals surface area (Å²) in [4.78, 5) is 14.4. The first kappa shape index (κ1) is 29.5. The van der Waals surface area contributed by atoms with Gasteiger partial charge in [0.1, 0.15) is 0 Å². The van der Waals surface area contributed by atoms with Crippen LogP contribution >= 0.6 is 0 Å². The molecule has 0 unspecified atom stereocenters. The molecule has 1 N–H and O–H groups in total. The third-order valence-corrected chi connectivity index (χ3v) is 5.99. The van der Waals surface area contributed by atoms with E-state index in [4.69, 9.17) is 0 Å². The SMILES string of the molecule is O=C(NC1CCN(Cc2ccccc2)CC1)C(CS(=O)(=O)[O-])CS(=O)(=O)[O-].[Na+].[Na+]. The van der Waals surface area contributed by atoms with Gasteiger partial charge in [0.25, 0.3) is 0 Å². The van der Waals surface area contributed by atoms with Crippen molar-refractivity contribution < 1.29 is 89.9 Å². The smallest absolute Gasteiger partial charge is 0.748 e. The third kappa shape index (κ3) is 12.2. The monoisotopic (exact) mass is 464 g/mol. The van der Waals surface area contributed by atoms with Crippen LogP contribution in [0.1, 0.15) is 18.4 Å². The van der Waals surface area contributed by atoms with Gasteiger partial charge in [-0.2, -0.15) is 0 Å². The number of rotatable bonds is 8. The fraction of sp³-hybridized carbons (Fsp3) is 0.562. The zero-order chi connectivity index (χ0) is 20.1. The maximum absolute atomic E-state index is 12.2. The largest absolute Gasteiger partial charge is 1.00 e. The molecule has 1 aliphatic rings. The summed E-state index contributed by atoms with van der Waals surface area (Å²) in [5, 5.41) is 2.58. The van der Waals surface area contributed by atoms with E-state index in [1.807, 2.05) is 30.3 Å². The number of carbonyl (C=O) groups is 1. The van der Waals surface area contributed by atoms with E-state index in [9.17, 15) is 30.7 Å². The number of amides is 1. The molecule has 1 heterocycles. The number of likely N-dealkylation sites (tertiary alicyclic amines) is 1. The predicted octanol–water partition coefficient (Wildman–Crippen LogP) is -6.52. The molecule has 1 aromatic rings. The van der Waals surface area contributed by atoms with Crippen molar-refractivity contribution in [3.63, 3.8) is 0 Å². The fourth-order valence-corrected chi connectivity index (χ4v) is 4.76. The summed E-state index contributed by atoms with van der Waals surface area (Å²) in [7, 11) is -9.69. The Hall–Kier alpha value is 0.470. The van der Waals surface area contributed by atoms with Crippen molar-refractivity contribution in [2.24, 2.45) is 5.92 Å². The van der Waals surface area contributed by atoms with Crippen LogP contribution in [0.3, 0.4) is 0 Å². The summed E-state index contributed by atoms with van der Waals surface area (Å²) in [6, 6.07) is 9.62. The number of benzene rings is 1. The third-order valence-electron chi connectivity index (χ3n) is 4.36. The molecular formula is C16H22N2Na2O7S2. The number of nitrogens with zero attached hydrogens (tertiary/aromatic N) is 1. The van der Waals surface area contributed by atoms with Crippen LogP contribution in [0.15, 0.2) is 30.3 Å². The van der Waals surface area contributed by atoms with Crippen LogP contribution in [0, 0.1) is 5.92 Å². The molecule has 13 heteroatoms. The first-order chi connectivity index (χ1) is 12.5. The van der Waals surface area contributed by atoms with Crippen molar-refractivity contribution in [2.45, 2.75) is 25.4 Å². The van der Waals surface area contributed by atoms with Crippen LogP contribution in [0.4, 0.5) is 0 Å². The van der Waals surface area contributed by atoms with E-state index < -0.39 is 43.6 Å². The minimum Gasteiger partial charge on any atom is -0.748 e. The van der Waals surface area contributed by atoms with Crippen LogP contribution < -0.4 is 64.4 Å². The molecule has 0 radical (unpaired) electrons. The zero-order valence-corrected chi connectivity index (χ0v) is 22.2. The van der Waals surface area contributed by atoms with Crippen molar-refractivity contribution in [3.05, 3.63) is 35.9 Å².